The molecule has 0 aromatic carbocycles. The van der Waals surface area contributed by atoms with Crippen molar-refractivity contribution >= 4 is 24.5 Å². The summed E-state index contributed by atoms with van der Waals surface area (Å²) < 4.78 is 0. The third kappa shape index (κ3) is 4.14. The fourth-order valence-corrected chi connectivity index (χ4v) is 0.777. The second-order valence-corrected chi connectivity index (χ2v) is 3.63. The Kier molecular flexibility index (Phi) is 4.22. The van der Waals surface area contributed by atoms with Gasteiger partial charge in [-0.15, -0.1) is 0 Å². The number of nitrogens with two attached hydrogens (primary N) is 1. The fraction of sp³-hybridized carbons (Fsp3) is 0.714. The Labute approximate surface area is 82.1 Å². The minimum absolute atomic E-state index is 0.0388. The highest BCUT2D eigenvalue weighted by Gasteiger charge is 2.26. The van der Waals surface area contributed by atoms with E-state index in [0.29, 0.717) is 0 Å². The first kappa shape index (κ1) is 12.2. The average molecular weight is 206 g/mol. The van der Waals surface area contributed by atoms with Gasteiger partial charge in [-0.05, 0) is 13.8 Å². The van der Waals surface area contributed by atoms with Crippen LogP contribution in [0.3, 0.4) is 0 Å². The van der Waals surface area contributed by atoms with E-state index < -0.39 is 23.5 Å². The Bertz CT molecular complexity index is 212. The van der Waals surface area contributed by atoms with Crippen molar-refractivity contribution < 1.29 is 14.7 Å². The summed E-state index contributed by atoms with van der Waals surface area (Å²) in [6, 6.07) is -0.987. The monoisotopic (exact) mass is 206 g/mol. The van der Waals surface area contributed by atoms with Crippen molar-refractivity contribution in [2.24, 2.45) is 5.73 Å². The maximum atomic E-state index is 11.2. The van der Waals surface area contributed by atoms with Crippen LogP contribution in [0, 0.1) is 0 Å². The lowest BCUT2D eigenvalue weighted by molar-refractivity contribution is -0.141. The maximum absolute atomic E-state index is 11.2. The van der Waals surface area contributed by atoms with Crippen LogP contribution >= 0.6 is 12.6 Å². The molecule has 6 heteroatoms. The van der Waals surface area contributed by atoms with E-state index in [-0.39, 0.29) is 5.75 Å². The molecule has 0 aromatic heterocycles. The summed E-state index contributed by atoms with van der Waals surface area (Å²) in [5, 5.41) is 10.8. The Balaban J connectivity index is 4.26. The molecule has 0 rings (SSSR count). The molecule has 0 saturated heterocycles. The van der Waals surface area contributed by atoms with Gasteiger partial charge in [-0.2, -0.15) is 12.6 Å². The van der Waals surface area contributed by atoms with Crippen LogP contribution in [0.4, 0.5) is 0 Å². The average Bonchev–Trinajstić information content (AvgIpc) is 1.96. The van der Waals surface area contributed by atoms with Gasteiger partial charge in [-0.25, -0.2) is 4.79 Å². The zero-order valence-corrected chi connectivity index (χ0v) is 8.47. The first-order valence-electron chi connectivity index (χ1n) is 3.72. The lowest BCUT2D eigenvalue weighted by atomic mass is 10.1. The molecular formula is C7H14N2O3S. The zero-order valence-electron chi connectivity index (χ0n) is 7.57. The number of carbonyl (C=O) groups excluding carboxylic acids is 1. The summed E-state index contributed by atoms with van der Waals surface area (Å²) in [6.45, 7) is 3.00. The molecule has 0 spiro atoms. The lowest BCUT2D eigenvalue weighted by Gasteiger charge is -2.20. The summed E-state index contributed by atoms with van der Waals surface area (Å²) in [4.78, 5) is 21.7. The lowest BCUT2D eigenvalue weighted by Crippen LogP contribution is -2.54. The first-order valence-corrected chi connectivity index (χ1v) is 4.35. The van der Waals surface area contributed by atoms with Gasteiger partial charge in [0.25, 0.3) is 0 Å². The van der Waals surface area contributed by atoms with Crippen molar-refractivity contribution in [3.8, 4) is 0 Å². The molecule has 4 N–H and O–H groups in total. The van der Waals surface area contributed by atoms with Crippen molar-refractivity contribution in [3.63, 3.8) is 0 Å². The number of aliphatic carboxylic acids is 1. The standard InChI is InChI=1S/C7H14N2O3S/c1-7(2,8)6(12)9-4(3-13)5(10)11/h4,13H,3,8H2,1-2H3,(H,9,12)(H,10,11)/t4-/m0/s1. The molecule has 0 fully saturated rings. The highest BCUT2D eigenvalue weighted by atomic mass is 32.1. The molecule has 1 atom stereocenters. The number of hydrogen-bond acceptors (Lipinski definition) is 4. The van der Waals surface area contributed by atoms with Gasteiger partial charge < -0.3 is 16.2 Å². The number of thiol groups is 1. The normalized spacial score (nSPS) is 13.5. The van der Waals surface area contributed by atoms with E-state index in [9.17, 15) is 9.59 Å². The maximum Gasteiger partial charge on any atom is 0.327 e. The van der Waals surface area contributed by atoms with Gasteiger partial charge in [-0.1, -0.05) is 0 Å². The van der Waals surface area contributed by atoms with Crippen LogP contribution < -0.4 is 11.1 Å². The van der Waals surface area contributed by atoms with Gasteiger partial charge in [0.1, 0.15) is 6.04 Å². The molecule has 1 amide bonds. The smallest absolute Gasteiger partial charge is 0.327 e. The molecule has 0 heterocycles. The van der Waals surface area contributed by atoms with Crippen molar-refractivity contribution in [1.29, 1.82) is 0 Å². The highest BCUT2D eigenvalue weighted by Crippen LogP contribution is 1.98. The summed E-state index contributed by atoms with van der Waals surface area (Å²) in [6.07, 6.45) is 0. The third-order valence-electron chi connectivity index (χ3n) is 1.37. The van der Waals surface area contributed by atoms with Gasteiger partial charge in [0.15, 0.2) is 0 Å². The van der Waals surface area contributed by atoms with Gasteiger partial charge in [0.05, 0.1) is 5.54 Å². The molecule has 0 aliphatic rings. The summed E-state index contributed by atoms with van der Waals surface area (Å²) in [5.74, 6) is -1.58. The van der Waals surface area contributed by atoms with Crippen molar-refractivity contribution in [2.75, 3.05) is 5.75 Å². The van der Waals surface area contributed by atoms with Crippen LogP contribution in [0.15, 0.2) is 0 Å². The number of hydrogen-bond donors (Lipinski definition) is 4. The van der Waals surface area contributed by atoms with E-state index in [4.69, 9.17) is 10.8 Å². The SMILES string of the molecule is CC(C)(N)C(=O)N[C@@H](CS)C(=O)O. The minimum Gasteiger partial charge on any atom is -0.480 e. The van der Waals surface area contributed by atoms with E-state index in [1.807, 2.05) is 0 Å². The number of nitrogens with one attached hydrogen (secondary N) is 1. The second-order valence-electron chi connectivity index (χ2n) is 3.27. The minimum atomic E-state index is -1.12. The molecule has 0 aromatic rings. The van der Waals surface area contributed by atoms with Crippen LogP contribution in [0.1, 0.15) is 13.8 Å². The number of rotatable bonds is 4. The molecule has 0 bridgehead atoms. The first-order chi connectivity index (χ1) is 5.79. The second kappa shape index (κ2) is 4.48. The third-order valence-corrected chi connectivity index (χ3v) is 1.74. The molecule has 5 nitrogen and oxygen atoms in total. The van der Waals surface area contributed by atoms with Crippen LogP contribution in [-0.4, -0.2) is 34.3 Å². The number of carbonyl (C=O) groups is 2. The molecule has 0 aliphatic heterocycles. The Hall–Kier alpha value is -0.750. The predicted molar refractivity (Wildman–Crippen MR) is 51.7 cm³/mol. The molecule has 0 aliphatic carbocycles. The van der Waals surface area contributed by atoms with Crippen LogP contribution in [0.25, 0.3) is 0 Å². The molecule has 76 valence electrons. The molecule has 0 radical (unpaired) electrons. The van der Waals surface area contributed by atoms with Gasteiger partial charge in [0.2, 0.25) is 5.91 Å². The number of amides is 1. The Morgan fingerprint density at radius 1 is 1.62 bits per heavy atom. The quantitative estimate of drug-likeness (QED) is 0.454. The molecular weight excluding hydrogens is 192 g/mol. The summed E-state index contributed by atoms with van der Waals surface area (Å²) in [5.41, 5.74) is 4.38. The fourth-order valence-electron chi connectivity index (χ4n) is 0.530. The Morgan fingerprint density at radius 3 is 2.31 bits per heavy atom. The van der Waals surface area contributed by atoms with E-state index in [0.717, 1.165) is 0 Å². The van der Waals surface area contributed by atoms with Gasteiger partial charge >= 0.3 is 5.97 Å². The predicted octanol–water partition coefficient (Wildman–Crippen LogP) is -0.777. The van der Waals surface area contributed by atoms with E-state index in [1.165, 1.54) is 13.8 Å². The molecule has 13 heavy (non-hydrogen) atoms. The van der Waals surface area contributed by atoms with Crippen LogP contribution in [0.5, 0.6) is 0 Å². The topological polar surface area (TPSA) is 92.4 Å². The largest absolute Gasteiger partial charge is 0.480 e. The zero-order chi connectivity index (χ0) is 10.6. The van der Waals surface area contributed by atoms with Crippen molar-refractivity contribution in [2.45, 2.75) is 25.4 Å². The Morgan fingerprint density at radius 2 is 2.08 bits per heavy atom. The molecule has 0 saturated carbocycles. The summed E-state index contributed by atoms with van der Waals surface area (Å²) >= 11 is 3.79. The van der Waals surface area contributed by atoms with E-state index >= 15 is 0 Å². The van der Waals surface area contributed by atoms with Crippen LogP contribution in [0.2, 0.25) is 0 Å². The summed E-state index contributed by atoms with van der Waals surface area (Å²) in [7, 11) is 0. The molecule has 0 unspecified atom stereocenters. The highest BCUT2D eigenvalue weighted by molar-refractivity contribution is 7.80. The number of carboxylic acid groups (broad SMARTS) is 1. The van der Waals surface area contributed by atoms with Crippen molar-refractivity contribution in [3.05, 3.63) is 0 Å². The number of carboxylic acids is 1. The van der Waals surface area contributed by atoms with Gasteiger partial charge in [-0.3, -0.25) is 4.79 Å². The van der Waals surface area contributed by atoms with Crippen molar-refractivity contribution in [1.82, 2.24) is 5.32 Å². The van der Waals surface area contributed by atoms with E-state index in [1.54, 1.807) is 0 Å². The van der Waals surface area contributed by atoms with E-state index in [2.05, 4.69) is 17.9 Å². The van der Waals surface area contributed by atoms with Gasteiger partial charge in [0, 0.05) is 5.75 Å². The van der Waals surface area contributed by atoms with Crippen LogP contribution in [-0.2, 0) is 9.59 Å².